The lowest BCUT2D eigenvalue weighted by Gasteiger charge is -2.25. The van der Waals surface area contributed by atoms with Gasteiger partial charge in [0.25, 0.3) is 10.0 Å². The van der Waals surface area contributed by atoms with E-state index in [0.717, 1.165) is 12.8 Å². The normalized spacial score (nSPS) is 16.6. The maximum atomic E-state index is 12.3. The molecule has 102 valence electrons. The minimum Gasteiger partial charge on any atom is -0.381 e. The largest absolute Gasteiger partial charge is 0.381 e. The molecule has 2 heterocycles. The Hall–Kier alpha value is -1.60. The van der Waals surface area contributed by atoms with Crippen LogP contribution in [0.4, 0.5) is 5.82 Å². The summed E-state index contributed by atoms with van der Waals surface area (Å²) in [5, 5.41) is 0.0300. The van der Waals surface area contributed by atoms with Crippen LogP contribution in [0, 0.1) is 5.92 Å². The lowest BCUT2D eigenvalue weighted by Crippen LogP contribution is -2.33. The van der Waals surface area contributed by atoms with Gasteiger partial charge < -0.3 is 5.73 Å². The van der Waals surface area contributed by atoms with E-state index >= 15 is 0 Å². The van der Waals surface area contributed by atoms with E-state index in [4.69, 9.17) is 5.73 Å². The second kappa shape index (κ2) is 4.50. The molecule has 2 aromatic rings. The lowest BCUT2D eigenvalue weighted by atomic mass is 9.86. The van der Waals surface area contributed by atoms with Crippen molar-refractivity contribution in [2.24, 2.45) is 5.92 Å². The standard InChI is InChI=1S/C12H16N4O2S/c13-11-12(16-7-2-1-6-10(16)15-11)19(17,18)14-8-9-4-3-5-9/h1-2,6-7,9,14H,3-5,8,13H2. The zero-order valence-corrected chi connectivity index (χ0v) is 11.2. The highest BCUT2D eigenvalue weighted by molar-refractivity contribution is 7.89. The number of pyridine rings is 1. The second-order valence-corrected chi connectivity index (χ2v) is 6.56. The Labute approximate surface area is 111 Å². The number of nitrogen functional groups attached to an aromatic ring is 1. The van der Waals surface area contributed by atoms with Crippen LogP contribution in [0.1, 0.15) is 19.3 Å². The fraction of sp³-hybridized carbons (Fsp3) is 0.417. The first-order valence-electron chi connectivity index (χ1n) is 6.30. The maximum Gasteiger partial charge on any atom is 0.260 e. The molecular weight excluding hydrogens is 264 g/mol. The number of rotatable bonds is 4. The van der Waals surface area contributed by atoms with Gasteiger partial charge in [-0.1, -0.05) is 12.5 Å². The van der Waals surface area contributed by atoms with Crippen molar-refractivity contribution in [3.8, 4) is 0 Å². The molecule has 1 fully saturated rings. The van der Waals surface area contributed by atoms with E-state index in [1.807, 2.05) is 0 Å². The Kier molecular flexibility index (Phi) is 2.94. The Bertz CT molecular complexity index is 704. The van der Waals surface area contributed by atoms with Gasteiger partial charge in [0, 0.05) is 12.7 Å². The minimum atomic E-state index is -3.62. The summed E-state index contributed by atoms with van der Waals surface area (Å²) < 4.78 is 28.8. The molecule has 0 aliphatic heterocycles. The second-order valence-electron chi connectivity index (χ2n) is 4.88. The molecule has 0 atom stereocenters. The summed E-state index contributed by atoms with van der Waals surface area (Å²) in [7, 11) is -3.62. The number of nitrogens with one attached hydrogen (secondary N) is 1. The molecule has 1 aliphatic carbocycles. The van der Waals surface area contributed by atoms with Crippen LogP contribution in [0.5, 0.6) is 0 Å². The van der Waals surface area contributed by atoms with Crippen LogP contribution >= 0.6 is 0 Å². The average molecular weight is 280 g/mol. The number of aromatic nitrogens is 2. The summed E-state index contributed by atoms with van der Waals surface area (Å²) in [4.78, 5) is 4.06. The first-order valence-corrected chi connectivity index (χ1v) is 7.78. The molecule has 7 heteroatoms. The molecule has 3 N–H and O–H groups in total. The van der Waals surface area contributed by atoms with Gasteiger partial charge in [0.1, 0.15) is 5.65 Å². The van der Waals surface area contributed by atoms with Crippen LogP contribution in [-0.4, -0.2) is 24.3 Å². The predicted octanol–water partition coefficient (Wildman–Crippen LogP) is 0.995. The topological polar surface area (TPSA) is 89.5 Å². The number of nitrogens with two attached hydrogens (primary N) is 1. The number of nitrogens with zero attached hydrogens (tertiary/aromatic N) is 2. The summed E-state index contributed by atoms with van der Waals surface area (Å²) in [5.41, 5.74) is 6.27. The Morgan fingerprint density at radius 2 is 2.21 bits per heavy atom. The van der Waals surface area contributed by atoms with Crippen LogP contribution in [0.2, 0.25) is 0 Å². The average Bonchev–Trinajstić information content (AvgIpc) is 2.63. The smallest absolute Gasteiger partial charge is 0.260 e. The molecule has 0 bridgehead atoms. The zero-order valence-electron chi connectivity index (χ0n) is 10.4. The van der Waals surface area contributed by atoms with Gasteiger partial charge in [-0.05, 0) is 30.9 Å². The number of hydrogen-bond donors (Lipinski definition) is 2. The maximum absolute atomic E-state index is 12.3. The lowest BCUT2D eigenvalue weighted by molar-refractivity contribution is 0.316. The predicted molar refractivity (Wildman–Crippen MR) is 72.1 cm³/mol. The molecule has 0 amide bonds. The molecule has 0 spiro atoms. The van der Waals surface area contributed by atoms with Gasteiger partial charge in [-0.15, -0.1) is 0 Å². The summed E-state index contributed by atoms with van der Waals surface area (Å²) in [5.74, 6) is 0.488. The number of sulfonamides is 1. The van der Waals surface area contributed by atoms with Crippen molar-refractivity contribution in [1.29, 1.82) is 0 Å². The van der Waals surface area contributed by atoms with Gasteiger partial charge in [-0.3, -0.25) is 4.40 Å². The van der Waals surface area contributed by atoms with Gasteiger partial charge in [-0.2, -0.15) is 0 Å². The number of imidazole rings is 1. The van der Waals surface area contributed by atoms with Gasteiger partial charge >= 0.3 is 0 Å². The van der Waals surface area contributed by atoms with E-state index in [1.54, 1.807) is 24.4 Å². The minimum absolute atomic E-state index is 0.0300. The van der Waals surface area contributed by atoms with Crippen molar-refractivity contribution in [2.45, 2.75) is 24.3 Å². The number of fused-ring (bicyclic) bond motifs is 1. The van der Waals surface area contributed by atoms with E-state index in [1.165, 1.54) is 10.8 Å². The third-order valence-electron chi connectivity index (χ3n) is 3.55. The van der Waals surface area contributed by atoms with Crippen LogP contribution in [0.3, 0.4) is 0 Å². The third-order valence-corrected chi connectivity index (χ3v) is 5.01. The van der Waals surface area contributed by atoms with Crippen LogP contribution in [-0.2, 0) is 10.0 Å². The van der Waals surface area contributed by atoms with E-state index < -0.39 is 10.0 Å². The van der Waals surface area contributed by atoms with Crippen molar-refractivity contribution >= 4 is 21.5 Å². The summed E-state index contributed by atoms with van der Waals surface area (Å²) >= 11 is 0. The van der Waals surface area contributed by atoms with E-state index in [-0.39, 0.29) is 10.8 Å². The van der Waals surface area contributed by atoms with Gasteiger partial charge in [0.05, 0.1) is 0 Å². The van der Waals surface area contributed by atoms with Crippen molar-refractivity contribution in [1.82, 2.24) is 14.1 Å². The van der Waals surface area contributed by atoms with Crippen molar-refractivity contribution < 1.29 is 8.42 Å². The molecular formula is C12H16N4O2S. The highest BCUT2D eigenvalue weighted by Gasteiger charge is 2.26. The van der Waals surface area contributed by atoms with Crippen molar-refractivity contribution in [2.75, 3.05) is 12.3 Å². The van der Waals surface area contributed by atoms with Gasteiger partial charge in [0.2, 0.25) is 0 Å². The van der Waals surface area contributed by atoms with Crippen LogP contribution in [0.15, 0.2) is 29.4 Å². The van der Waals surface area contributed by atoms with Crippen molar-refractivity contribution in [3.05, 3.63) is 24.4 Å². The van der Waals surface area contributed by atoms with Crippen LogP contribution < -0.4 is 10.5 Å². The highest BCUT2D eigenvalue weighted by atomic mass is 32.2. The van der Waals surface area contributed by atoms with Gasteiger partial charge in [0.15, 0.2) is 10.8 Å². The van der Waals surface area contributed by atoms with Crippen molar-refractivity contribution in [3.63, 3.8) is 0 Å². The van der Waals surface area contributed by atoms with E-state index in [9.17, 15) is 8.42 Å². The molecule has 0 saturated heterocycles. The molecule has 0 unspecified atom stereocenters. The summed E-state index contributed by atoms with van der Waals surface area (Å²) in [6.07, 6.45) is 5.01. The zero-order chi connectivity index (χ0) is 13.5. The monoisotopic (exact) mass is 280 g/mol. The Morgan fingerprint density at radius 3 is 2.89 bits per heavy atom. The molecule has 6 nitrogen and oxygen atoms in total. The summed E-state index contributed by atoms with van der Waals surface area (Å²) in [6.45, 7) is 0.474. The molecule has 0 radical (unpaired) electrons. The first-order chi connectivity index (χ1) is 9.08. The molecule has 0 aromatic carbocycles. The Balaban J connectivity index is 1.95. The fourth-order valence-corrected chi connectivity index (χ4v) is 3.58. The molecule has 1 aliphatic rings. The third kappa shape index (κ3) is 2.19. The summed E-state index contributed by atoms with van der Waals surface area (Å²) in [6, 6.07) is 5.26. The van der Waals surface area contributed by atoms with Gasteiger partial charge in [-0.25, -0.2) is 18.1 Å². The molecule has 3 rings (SSSR count). The van der Waals surface area contributed by atoms with E-state index in [2.05, 4.69) is 9.71 Å². The number of anilines is 1. The molecule has 2 aromatic heterocycles. The fourth-order valence-electron chi connectivity index (χ4n) is 2.25. The Morgan fingerprint density at radius 1 is 1.42 bits per heavy atom. The highest BCUT2D eigenvalue weighted by Crippen LogP contribution is 2.26. The van der Waals surface area contributed by atoms with E-state index in [0.29, 0.717) is 18.1 Å². The number of hydrogen-bond acceptors (Lipinski definition) is 4. The first kappa shape index (κ1) is 12.4. The molecule has 1 saturated carbocycles. The molecule has 19 heavy (non-hydrogen) atoms. The van der Waals surface area contributed by atoms with Crippen LogP contribution in [0.25, 0.3) is 5.65 Å². The quantitative estimate of drug-likeness (QED) is 0.874. The SMILES string of the molecule is Nc1nc2ccccn2c1S(=O)(=O)NCC1CCC1.